The Balaban J connectivity index is 1.54. The van der Waals surface area contributed by atoms with Gasteiger partial charge in [-0.25, -0.2) is 4.98 Å². The number of nitrogens with one attached hydrogen (secondary N) is 1. The second-order valence-corrected chi connectivity index (χ2v) is 8.06. The topological polar surface area (TPSA) is 131 Å². The third-order valence-corrected chi connectivity index (χ3v) is 5.54. The first-order valence-corrected chi connectivity index (χ1v) is 10.00. The van der Waals surface area contributed by atoms with Crippen molar-refractivity contribution in [2.45, 2.75) is 36.0 Å². The van der Waals surface area contributed by atoms with Crippen LogP contribution >= 0.6 is 11.8 Å². The minimum atomic E-state index is -0.423. The molecule has 0 bridgehead atoms. The SMILES string of the molecule is CC(Sc1nc(N)c(C(=O)Nc2ccccc2)cc1C#N)c1nc(C2CC2)no1. The standard InChI is InChI=1S/C20H18N6O2S/c1-11(19-25-17(26-28-19)12-7-8-12)29-20-13(10-21)9-15(16(22)24-20)18(27)23-14-5-3-2-4-6-14/h2-6,9,11-12H,7-8H2,1H3,(H2,22,24)(H,23,27). The minimum Gasteiger partial charge on any atom is -0.383 e. The number of aromatic nitrogens is 3. The molecule has 4 rings (SSSR count). The largest absolute Gasteiger partial charge is 0.383 e. The number of pyridine rings is 1. The van der Waals surface area contributed by atoms with Gasteiger partial charge in [-0.15, -0.1) is 0 Å². The number of carbonyl (C=O) groups excluding carboxylic acids is 1. The molecule has 3 N–H and O–H groups in total. The minimum absolute atomic E-state index is 0.0522. The first-order valence-electron chi connectivity index (χ1n) is 9.12. The van der Waals surface area contributed by atoms with Crippen LogP contribution in [0.25, 0.3) is 0 Å². The molecule has 0 aliphatic heterocycles. The van der Waals surface area contributed by atoms with Crippen LogP contribution in [0.3, 0.4) is 0 Å². The van der Waals surface area contributed by atoms with Gasteiger partial charge in [0.1, 0.15) is 16.9 Å². The summed E-state index contributed by atoms with van der Waals surface area (Å²) in [7, 11) is 0. The van der Waals surface area contributed by atoms with E-state index in [0.717, 1.165) is 18.7 Å². The lowest BCUT2D eigenvalue weighted by atomic mass is 10.2. The van der Waals surface area contributed by atoms with Crippen molar-refractivity contribution < 1.29 is 9.32 Å². The molecule has 0 saturated heterocycles. The molecule has 1 amide bonds. The Bertz CT molecular complexity index is 1090. The number of nitrogens with two attached hydrogens (primary N) is 1. The first-order chi connectivity index (χ1) is 14.0. The summed E-state index contributed by atoms with van der Waals surface area (Å²) >= 11 is 1.29. The van der Waals surface area contributed by atoms with Gasteiger partial charge >= 0.3 is 0 Å². The lowest BCUT2D eigenvalue weighted by Gasteiger charge is -2.11. The Kier molecular flexibility index (Phi) is 5.18. The van der Waals surface area contributed by atoms with E-state index in [9.17, 15) is 10.1 Å². The number of nitriles is 1. The van der Waals surface area contributed by atoms with Crippen molar-refractivity contribution in [1.29, 1.82) is 5.26 Å². The molecule has 1 aliphatic carbocycles. The Morgan fingerprint density at radius 3 is 2.79 bits per heavy atom. The highest BCUT2D eigenvalue weighted by Gasteiger charge is 2.30. The van der Waals surface area contributed by atoms with Gasteiger partial charge in [-0.3, -0.25) is 4.79 Å². The van der Waals surface area contributed by atoms with E-state index in [1.165, 1.54) is 17.8 Å². The van der Waals surface area contributed by atoms with Crippen molar-refractivity contribution in [3.8, 4) is 6.07 Å². The summed E-state index contributed by atoms with van der Waals surface area (Å²) in [6.45, 7) is 1.89. The van der Waals surface area contributed by atoms with Crippen LogP contribution in [-0.2, 0) is 0 Å². The van der Waals surface area contributed by atoms with E-state index in [1.807, 2.05) is 25.1 Å². The number of hydrogen-bond donors (Lipinski definition) is 2. The summed E-state index contributed by atoms with van der Waals surface area (Å²) < 4.78 is 5.34. The molecule has 1 saturated carbocycles. The Morgan fingerprint density at radius 2 is 2.10 bits per heavy atom. The molecule has 0 radical (unpaired) electrons. The van der Waals surface area contributed by atoms with Crippen LogP contribution in [0.2, 0.25) is 0 Å². The summed E-state index contributed by atoms with van der Waals surface area (Å²) in [6.07, 6.45) is 2.17. The Hall–Kier alpha value is -3.38. The summed E-state index contributed by atoms with van der Waals surface area (Å²) in [5, 5.41) is 16.5. The zero-order chi connectivity index (χ0) is 20.4. The second kappa shape index (κ2) is 7.93. The molecule has 1 aliphatic rings. The third-order valence-electron chi connectivity index (χ3n) is 4.45. The van der Waals surface area contributed by atoms with Gasteiger partial charge in [-0.1, -0.05) is 35.1 Å². The molecular weight excluding hydrogens is 388 g/mol. The van der Waals surface area contributed by atoms with Crippen LogP contribution in [0, 0.1) is 11.3 Å². The highest BCUT2D eigenvalue weighted by Crippen LogP contribution is 2.40. The molecule has 3 aromatic rings. The van der Waals surface area contributed by atoms with E-state index in [-0.39, 0.29) is 22.2 Å². The van der Waals surface area contributed by atoms with Gasteiger partial charge in [0.2, 0.25) is 5.89 Å². The highest BCUT2D eigenvalue weighted by atomic mass is 32.2. The van der Waals surface area contributed by atoms with E-state index in [4.69, 9.17) is 10.3 Å². The Morgan fingerprint density at radius 1 is 1.34 bits per heavy atom. The number of nitrogens with zero attached hydrogens (tertiary/aromatic N) is 4. The molecule has 1 aromatic carbocycles. The van der Waals surface area contributed by atoms with Crippen LogP contribution in [0.15, 0.2) is 45.9 Å². The maximum Gasteiger partial charge on any atom is 0.259 e. The van der Waals surface area contributed by atoms with Crippen LogP contribution in [-0.4, -0.2) is 21.0 Å². The van der Waals surface area contributed by atoms with E-state index in [2.05, 4.69) is 26.5 Å². The predicted octanol–water partition coefficient (Wildman–Crippen LogP) is 3.90. The van der Waals surface area contributed by atoms with Gasteiger partial charge in [-0.05, 0) is 38.0 Å². The maximum atomic E-state index is 12.5. The van der Waals surface area contributed by atoms with Crippen LogP contribution in [0.5, 0.6) is 0 Å². The fourth-order valence-corrected chi connectivity index (χ4v) is 3.63. The quantitative estimate of drug-likeness (QED) is 0.589. The van der Waals surface area contributed by atoms with Crippen molar-refractivity contribution in [2.75, 3.05) is 11.1 Å². The van der Waals surface area contributed by atoms with Gasteiger partial charge in [-0.2, -0.15) is 10.2 Å². The predicted molar refractivity (Wildman–Crippen MR) is 108 cm³/mol. The lowest BCUT2D eigenvalue weighted by molar-refractivity contribution is 0.102. The van der Waals surface area contributed by atoms with Crippen LogP contribution < -0.4 is 11.1 Å². The molecule has 1 fully saturated rings. The number of amides is 1. The molecule has 1 atom stereocenters. The smallest absolute Gasteiger partial charge is 0.259 e. The summed E-state index contributed by atoms with van der Waals surface area (Å²) in [5.41, 5.74) is 7.06. The number of anilines is 2. The number of carbonyl (C=O) groups is 1. The van der Waals surface area contributed by atoms with Crippen molar-refractivity contribution in [1.82, 2.24) is 15.1 Å². The van der Waals surface area contributed by atoms with Gasteiger partial charge in [0.25, 0.3) is 5.91 Å². The number of benzene rings is 1. The normalized spacial score (nSPS) is 14.2. The van der Waals surface area contributed by atoms with Gasteiger partial charge < -0.3 is 15.6 Å². The molecule has 9 heteroatoms. The molecule has 2 aromatic heterocycles. The number of thioether (sulfide) groups is 1. The molecular formula is C20H18N6O2S. The highest BCUT2D eigenvalue weighted by molar-refractivity contribution is 7.99. The zero-order valence-corrected chi connectivity index (χ0v) is 16.4. The summed E-state index contributed by atoms with van der Waals surface area (Å²) in [5.74, 6) is 1.24. The molecule has 2 heterocycles. The molecule has 1 unspecified atom stereocenters. The zero-order valence-electron chi connectivity index (χ0n) is 15.6. The van der Waals surface area contributed by atoms with Crippen LogP contribution in [0.1, 0.15) is 58.6 Å². The van der Waals surface area contributed by atoms with E-state index in [1.54, 1.807) is 12.1 Å². The van der Waals surface area contributed by atoms with E-state index < -0.39 is 5.91 Å². The van der Waals surface area contributed by atoms with Crippen molar-refractivity contribution >= 4 is 29.2 Å². The van der Waals surface area contributed by atoms with Crippen LogP contribution in [0.4, 0.5) is 11.5 Å². The van der Waals surface area contributed by atoms with Crippen molar-refractivity contribution in [3.05, 3.63) is 59.2 Å². The molecule has 29 heavy (non-hydrogen) atoms. The number of para-hydroxylation sites is 1. The van der Waals surface area contributed by atoms with Gasteiger partial charge in [0, 0.05) is 11.6 Å². The fraction of sp³-hybridized carbons (Fsp3) is 0.250. The number of hydrogen-bond acceptors (Lipinski definition) is 8. The van der Waals surface area contributed by atoms with Gasteiger partial charge in [0.15, 0.2) is 5.82 Å². The molecule has 8 nitrogen and oxygen atoms in total. The molecule has 146 valence electrons. The summed E-state index contributed by atoms with van der Waals surface area (Å²) in [6, 6.07) is 12.5. The average molecular weight is 406 g/mol. The van der Waals surface area contributed by atoms with Gasteiger partial charge in [0.05, 0.1) is 16.4 Å². The van der Waals surface area contributed by atoms with Crippen molar-refractivity contribution in [2.24, 2.45) is 0 Å². The lowest BCUT2D eigenvalue weighted by Crippen LogP contribution is -2.15. The third kappa shape index (κ3) is 4.22. The Labute approximate surface area is 171 Å². The van der Waals surface area contributed by atoms with E-state index in [0.29, 0.717) is 22.5 Å². The summed E-state index contributed by atoms with van der Waals surface area (Å²) in [4.78, 5) is 21.3. The number of rotatable bonds is 6. The maximum absolute atomic E-state index is 12.5. The van der Waals surface area contributed by atoms with Crippen molar-refractivity contribution in [3.63, 3.8) is 0 Å². The monoisotopic (exact) mass is 406 g/mol. The first kappa shape index (κ1) is 19.0. The fourth-order valence-electron chi connectivity index (χ4n) is 2.72. The number of nitrogen functional groups attached to an aromatic ring is 1. The van der Waals surface area contributed by atoms with E-state index >= 15 is 0 Å². The average Bonchev–Trinajstić information content (AvgIpc) is 3.45. The molecule has 0 spiro atoms. The second-order valence-electron chi connectivity index (χ2n) is 6.73.